The Balaban J connectivity index is 1.62. The van der Waals surface area contributed by atoms with Gasteiger partial charge in [-0.15, -0.1) is 0 Å². The first-order valence-corrected chi connectivity index (χ1v) is 7.43. The highest BCUT2D eigenvalue weighted by molar-refractivity contribution is 5.95. The van der Waals surface area contributed by atoms with E-state index in [1.165, 1.54) is 5.56 Å². The summed E-state index contributed by atoms with van der Waals surface area (Å²) in [6, 6.07) is 20.0. The molecule has 2 aromatic carbocycles. The number of benzene rings is 2. The number of amides is 1. The van der Waals surface area contributed by atoms with Crippen LogP contribution in [0.2, 0.25) is 0 Å². The first-order valence-electron chi connectivity index (χ1n) is 7.43. The topological polar surface area (TPSA) is 29.1 Å². The maximum atomic E-state index is 12.1. The van der Waals surface area contributed by atoms with Gasteiger partial charge in [0.15, 0.2) is 0 Å². The smallest absolute Gasteiger partial charge is 0.255 e. The van der Waals surface area contributed by atoms with Crippen molar-refractivity contribution in [1.29, 1.82) is 0 Å². The molecule has 0 aromatic heterocycles. The number of nitrogens with one attached hydrogen (secondary N) is 1. The van der Waals surface area contributed by atoms with Crippen LogP contribution in [0.15, 0.2) is 72.4 Å². The zero-order valence-electron chi connectivity index (χ0n) is 12.0. The lowest BCUT2D eigenvalue weighted by molar-refractivity contribution is 0.0963. The van der Waals surface area contributed by atoms with Gasteiger partial charge in [0.2, 0.25) is 0 Å². The molecule has 0 aliphatic heterocycles. The largest absolute Gasteiger partial charge is 0.326 e. The average Bonchev–Trinajstić information content (AvgIpc) is 2.57. The highest BCUT2D eigenvalue weighted by Crippen LogP contribution is 2.31. The molecule has 0 bridgehead atoms. The molecular weight excluding hydrogens is 258 g/mol. The van der Waals surface area contributed by atoms with E-state index in [4.69, 9.17) is 0 Å². The van der Waals surface area contributed by atoms with Crippen LogP contribution in [-0.4, -0.2) is 5.91 Å². The summed E-state index contributed by atoms with van der Waals surface area (Å²) >= 11 is 0. The predicted octanol–water partition coefficient (Wildman–Crippen LogP) is 4.27. The Bertz CT molecular complexity index is 631. The van der Waals surface area contributed by atoms with Gasteiger partial charge in [0.1, 0.15) is 0 Å². The molecule has 1 aliphatic rings. The van der Waals surface area contributed by atoms with Gasteiger partial charge in [0.25, 0.3) is 5.91 Å². The molecule has 0 radical (unpaired) electrons. The van der Waals surface area contributed by atoms with Crippen LogP contribution in [0.5, 0.6) is 0 Å². The van der Waals surface area contributed by atoms with E-state index in [9.17, 15) is 4.79 Å². The molecule has 0 saturated heterocycles. The van der Waals surface area contributed by atoms with E-state index in [1.807, 2.05) is 36.4 Å². The van der Waals surface area contributed by atoms with E-state index in [2.05, 4.69) is 35.7 Å². The first-order chi connectivity index (χ1) is 10.3. The van der Waals surface area contributed by atoms with Gasteiger partial charge in [0.05, 0.1) is 0 Å². The van der Waals surface area contributed by atoms with Crippen molar-refractivity contribution in [2.75, 3.05) is 0 Å². The summed E-state index contributed by atoms with van der Waals surface area (Å²) in [4.78, 5) is 12.1. The summed E-state index contributed by atoms with van der Waals surface area (Å²) in [5.74, 6) is 0.559. The minimum atomic E-state index is -0.0139. The van der Waals surface area contributed by atoms with E-state index >= 15 is 0 Å². The third kappa shape index (κ3) is 3.40. The Morgan fingerprint density at radius 3 is 2.24 bits per heavy atom. The Kier molecular flexibility index (Phi) is 4.15. The number of carbonyl (C=O) groups is 1. The summed E-state index contributed by atoms with van der Waals surface area (Å²) in [6.45, 7) is 0. The van der Waals surface area contributed by atoms with Crippen molar-refractivity contribution in [3.05, 3.63) is 83.6 Å². The Morgan fingerprint density at radius 1 is 0.952 bits per heavy atom. The molecule has 0 fully saturated rings. The minimum absolute atomic E-state index is 0.0139. The summed E-state index contributed by atoms with van der Waals surface area (Å²) in [5, 5.41) is 3.03. The second-order valence-electron chi connectivity index (χ2n) is 5.43. The SMILES string of the molecule is O=C(NC1=CCC(c2ccccc2)CC1)c1ccccc1. The molecule has 1 amide bonds. The zero-order valence-corrected chi connectivity index (χ0v) is 12.0. The van der Waals surface area contributed by atoms with Crippen LogP contribution in [0, 0.1) is 0 Å². The predicted molar refractivity (Wildman–Crippen MR) is 85.0 cm³/mol. The standard InChI is InChI=1S/C19H19NO/c21-19(17-9-5-2-6-10-17)20-18-13-11-16(12-14-18)15-7-3-1-4-8-15/h1-10,13,16H,11-12,14H2,(H,20,21). The Hall–Kier alpha value is -2.35. The van der Waals surface area contributed by atoms with Crippen molar-refractivity contribution >= 4 is 5.91 Å². The molecule has 0 heterocycles. The number of hydrogen-bond donors (Lipinski definition) is 1. The van der Waals surface area contributed by atoms with Crippen molar-refractivity contribution in [1.82, 2.24) is 5.32 Å². The van der Waals surface area contributed by atoms with Crippen LogP contribution in [0.4, 0.5) is 0 Å². The second kappa shape index (κ2) is 6.40. The van der Waals surface area contributed by atoms with Gasteiger partial charge >= 0.3 is 0 Å². The maximum Gasteiger partial charge on any atom is 0.255 e. The fraction of sp³-hybridized carbons (Fsp3) is 0.211. The van der Waals surface area contributed by atoms with Crippen LogP contribution in [0.1, 0.15) is 41.1 Å². The maximum absolute atomic E-state index is 12.1. The quantitative estimate of drug-likeness (QED) is 0.892. The van der Waals surface area contributed by atoms with Gasteiger partial charge in [-0.25, -0.2) is 0 Å². The summed E-state index contributed by atoms with van der Waals surface area (Å²) in [7, 11) is 0. The molecule has 0 saturated carbocycles. The van der Waals surface area contributed by atoms with Gasteiger partial charge in [-0.2, -0.15) is 0 Å². The Morgan fingerprint density at radius 2 is 1.62 bits per heavy atom. The molecule has 0 spiro atoms. The normalized spacial score (nSPS) is 17.9. The fourth-order valence-corrected chi connectivity index (χ4v) is 2.78. The molecule has 3 rings (SSSR count). The average molecular weight is 277 g/mol. The van der Waals surface area contributed by atoms with Crippen LogP contribution in [0.25, 0.3) is 0 Å². The molecule has 1 N–H and O–H groups in total. The zero-order chi connectivity index (χ0) is 14.5. The molecule has 1 unspecified atom stereocenters. The van der Waals surface area contributed by atoms with Crippen LogP contribution >= 0.6 is 0 Å². The van der Waals surface area contributed by atoms with Crippen LogP contribution < -0.4 is 5.32 Å². The molecule has 1 aliphatic carbocycles. The van der Waals surface area contributed by atoms with E-state index in [0.29, 0.717) is 11.5 Å². The van der Waals surface area contributed by atoms with Crippen molar-refractivity contribution in [3.63, 3.8) is 0 Å². The van der Waals surface area contributed by atoms with Crippen molar-refractivity contribution in [3.8, 4) is 0 Å². The van der Waals surface area contributed by atoms with E-state index < -0.39 is 0 Å². The van der Waals surface area contributed by atoms with Gasteiger partial charge in [-0.3, -0.25) is 4.79 Å². The minimum Gasteiger partial charge on any atom is -0.326 e. The molecule has 21 heavy (non-hydrogen) atoms. The van der Waals surface area contributed by atoms with Crippen molar-refractivity contribution in [2.45, 2.75) is 25.2 Å². The number of carbonyl (C=O) groups excluding carboxylic acids is 1. The lowest BCUT2D eigenvalue weighted by atomic mass is 9.86. The van der Waals surface area contributed by atoms with E-state index in [-0.39, 0.29) is 5.91 Å². The Labute approximate surface area is 125 Å². The third-order valence-corrected chi connectivity index (χ3v) is 3.99. The molecule has 1 atom stereocenters. The summed E-state index contributed by atoms with van der Waals surface area (Å²) in [6.07, 6.45) is 5.18. The number of allylic oxidation sites excluding steroid dienone is 2. The number of hydrogen-bond acceptors (Lipinski definition) is 1. The molecular formula is C19H19NO. The fourth-order valence-electron chi connectivity index (χ4n) is 2.78. The van der Waals surface area contributed by atoms with Crippen molar-refractivity contribution < 1.29 is 4.79 Å². The van der Waals surface area contributed by atoms with Gasteiger partial charge in [-0.05, 0) is 42.9 Å². The summed E-state index contributed by atoms with van der Waals surface area (Å²) < 4.78 is 0. The van der Waals surface area contributed by atoms with Gasteiger partial charge in [-0.1, -0.05) is 54.6 Å². The van der Waals surface area contributed by atoms with Gasteiger partial charge < -0.3 is 5.32 Å². The van der Waals surface area contributed by atoms with Crippen LogP contribution in [0.3, 0.4) is 0 Å². The molecule has 106 valence electrons. The molecule has 2 aromatic rings. The van der Waals surface area contributed by atoms with E-state index in [0.717, 1.165) is 25.0 Å². The lowest BCUT2D eigenvalue weighted by Crippen LogP contribution is -2.24. The monoisotopic (exact) mass is 277 g/mol. The second-order valence-corrected chi connectivity index (χ2v) is 5.43. The first kappa shape index (κ1) is 13.6. The van der Waals surface area contributed by atoms with Gasteiger partial charge in [0, 0.05) is 11.3 Å². The summed E-state index contributed by atoms with van der Waals surface area (Å²) in [5.41, 5.74) is 3.15. The highest BCUT2D eigenvalue weighted by atomic mass is 16.1. The van der Waals surface area contributed by atoms with E-state index in [1.54, 1.807) is 0 Å². The third-order valence-electron chi connectivity index (χ3n) is 3.99. The number of rotatable bonds is 3. The molecule has 2 heteroatoms. The lowest BCUT2D eigenvalue weighted by Gasteiger charge is -2.22. The highest BCUT2D eigenvalue weighted by Gasteiger charge is 2.17. The molecule has 2 nitrogen and oxygen atoms in total. The van der Waals surface area contributed by atoms with Crippen LogP contribution in [-0.2, 0) is 0 Å². The van der Waals surface area contributed by atoms with Crippen molar-refractivity contribution in [2.24, 2.45) is 0 Å².